The molecule has 0 radical (unpaired) electrons. The number of allylic oxidation sites excluding steroid dienone is 1. The lowest BCUT2D eigenvalue weighted by molar-refractivity contribution is 0.844. The van der Waals surface area contributed by atoms with Crippen LogP contribution >= 0.6 is 11.6 Å². The maximum Gasteiger partial charge on any atom is 0.0630 e. The third-order valence-corrected chi connectivity index (χ3v) is 4.51. The maximum absolute atomic E-state index is 5.94. The van der Waals surface area contributed by atoms with Gasteiger partial charge in [-0.25, -0.2) is 0 Å². The Kier molecular flexibility index (Phi) is 6.40. The molecule has 130 valence electrons. The SMILES string of the molecule is C=CCCCc1ccc(C=Nc2ccc(-c3ccc(Cl)cc3)cc2)cc1. The molecule has 0 aliphatic rings. The van der Waals surface area contributed by atoms with Crippen molar-refractivity contribution >= 4 is 23.5 Å². The molecule has 3 aromatic carbocycles. The van der Waals surface area contributed by atoms with Crippen molar-refractivity contribution in [2.24, 2.45) is 4.99 Å². The summed E-state index contributed by atoms with van der Waals surface area (Å²) in [7, 11) is 0. The predicted octanol–water partition coefficient (Wildman–Crippen LogP) is 7.27. The minimum Gasteiger partial charge on any atom is -0.256 e. The normalized spacial score (nSPS) is 11.0. The van der Waals surface area contributed by atoms with Gasteiger partial charge in [0.2, 0.25) is 0 Å². The highest BCUT2D eigenvalue weighted by Crippen LogP contribution is 2.24. The third kappa shape index (κ3) is 5.18. The van der Waals surface area contributed by atoms with Gasteiger partial charge in [0.25, 0.3) is 0 Å². The van der Waals surface area contributed by atoms with Crippen LogP contribution in [0.15, 0.2) is 90.4 Å². The lowest BCUT2D eigenvalue weighted by atomic mass is 10.1. The molecule has 3 rings (SSSR count). The molecule has 0 fully saturated rings. The number of unbranched alkanes of at least 4 members (excludes halogenated alkanes) is 1. The standard InChI is InChI=1S/C24H22ClN/c1-2-3-4-5-19-6-8-20(9-7-19)18-26-24-16-12-22(13-17-24)21-10-14-23(25)15-11-21/h2,6-18H,1,3-5H2. The Morgan fingerprint density at radius 3 is 2.04 bits per heavy atom. The molecule has 26 heavy (non-hydrogen) atoms. The van der Waals surface area contributed by atoms with E-state index in [-0.39, 0.29) is 0 Å². The Balaban J connectivity index is 1.63. The van der Waals surface area contributed by atoms with Crippen molar-refractivity contribution in [2.75, 3.05) is 0 Å². The Labute approximate surface area is 160 Å². The van der Waals surface area contributed by atoms with Gasteiger partial charge in [0, 0.05) is 11.2 Å². The highest BCUT2D eigenvalue weighted by atomic mass is 35.5. The van der Waals surface area contributed by atoms with Gasteiger partial charge >= 0.3 is 0 Å². The van der Waals surface area contributed by atoms with Crippen LogP contribution < -0.4 is 0 Å². The first-order valence-corrected chi connectivity index (χ1v) is 9.22. The molecule has 0 bridgehead atoms. The third-order valence-electron chi connectivity index (χ3n) is 4.26. The van der Waals surface area contributed by atoms with Gasteiger partial charge in [0.1, 0.15) is 0 Å². The topological polar surface area (TPSA) is 12.4 Å². The molecular formula is C24H22ClN. The molecule has 0 saturated heterocycles. The summed E-state index contributed by atoms with van der Waals surface area (Å²) in [5, 5.41) is 0.752. The van der Waals surface area contributed by atoms with E-state index in [9.17, 15) is 0 Å². The molecular weight excluding hydrogens is 338 g/mol. The van der Waals surface area contributed by atoms with E-state index in [1.54, 1.807) is 0 Å². The highest BCUT2D eigenvalue weighted by molar-refractivity contribution is 6.30. The van der Waals surface area contributed by atoms with E-state index in [1.165, 1.54) is 5.56 Å². The van der Waals surface area contributed by atoms with Crippen molar-refractivity contribution in [2.45, 2.75) is 19.3 Å². The van der Waals surface area contributed by atoms with Crippen molar-refractivity contribution < 1.29 is 0 Å². The average molecular weight is 360 g/mol. The number of hydrogen-bond acceptors (Lipinski definition) is 1. The summed E-state index contributed by atoms with van der Waals surface area (Å²) in [5.41, 5.74) is 5.72. The highest BCUT2D eigenvalue weighted by Gasteiger charge is 1.98. The number of halogens is 1. The number of aliphatic imine (C=N–C) groups is 1. The summed E-state index contributed by atoms with van der Waals surface area (Å²) in [5.74, 6) is 0. The fourth-order valence-corrected chi connectivity index (χ4v) is 2.88. The predicted molar refractivity (Wildman–Crippen MR) is 114 cm³/mol. The number of rotatable bonds is 7. The number of aryl methyl sites for hydroxylation is 1. The van der Waals surface area contributed by atoms with Crippen molar-refractivity contribution in [3.63, 3.8) is 0 Å². The van der Waals surface area contributed by atoms with E-state index in [2.05, 4.69) is 48.0 Å². The number of benzene rings is 3. The van der Waals surface area contributed by atoms with Crippen LogP contribution in [0.1, 0.15) is 24.0 Å². The van der Waals surface area contributed by atoms with Crippen LogP contribution in [0.2, 0.25) is 5.02 Å². The molecule has 0 aliphatic carbocycles. The van der Waals surface area contributed by atoms with Gasteiger partial charge in [0.05, 0.1) is 5.69 Å². The molecule has 0 aromatic heterocycles. The minimum absolute atomic E-state index is 0.752. The van der Waals surface area contributed by atoms with E-state index in [1.807, 2.05) is 48.7 Å². The van der Waals surface area contributed by atoms with Crippen LogP contribution in [-0.2, 0) is 6.42 Å². The average Bonchev–Trinajstić information content (AvgIpc) is 2.69. The lowest BCUT2D eigenvalue weighted by Gasteiger charge is -2.03. The smallest absolute Gasteiger partial charge is 0.0630 e. The van der Waals surface area contributed by atoms with Crippen LogP contribution in [0.5, 0.6) is 0 Å². The monoisotopic (exact) mass is 359 g/mol. The first-order chi connectivity index (χ1) is 12.7. The van der Waals surface area contributed by atoms with Gasteiger partial charge in [-0.1, -0.05) is 66.2 Å². The second kappa shape index (κ2) is 9.17. The molecule has 0 unspecified atom stereocenters. The summed E-state index contributed by atoms with van der Waals surface area (Å²) in [6.07, 6.45) is 7.19. The fraction of sp³-hybridized carbons (Fsp3) is 0.125. The zero-order valence-electron chi connectivity index (χ0n) is 14.7. The summed E-state index contributed by atoms with van der Waals surface area (Å²) < 4.78 is 0. The molecule has 0 heterocycles. The van der Waals surface area contributed by atoms with E-state index >= 15 is 0 Å². The molecule has 0 saturated carbocycles. The fourth-order valence-electron chi connectivity index (χ4n) is 2.75. The molecule has 0 spiro atoms. The zero-order valence-corrected chi connectivity index (χ0v) is 15.5. The molecule has 0 aliphatic heterocycles. The lowest BCUT2D eigenvalue weighted by Crippen LogP contribution is -1.86. The first kappa shape index (κ1) is 18.2. The minimum atomic E-state index is 0.752. The van der Waals surface area contributed by atoms with Crippen LogP contribution in [-0.4, -0.2) is 6.21 Å². The summed E-state index contributed by atoms with van der Waals surface area (Å²) >= 11 is 5.94. The van der Waals surface area contributed by atoms with Crippen molar-refractivity contribution in [3.05, 3.63) is 102 Å². The van der Waals surface area contributed by atoms with Crippen molar-refractivity contribution in [1.29, 1.82) is 0 Å². The summed E-state index contributed by atoms with van der Waals surface area (Å²) in [6, 6.07) is 24.7. The van der Waals surface area contributed by atoms with Crippen LogP contribution in [0.4, 0.5) is 5.69 Å². The number of nitrogens with zero attached hydrogens (tertiary/aromatic N) is 1. The molecule has 0 amide bonds. The maximum atomic E-state index is 5.94. The Bertz CT molecular complexity index is 860. The van der Waals surface area contributed by atoms with Gasteiger partial charge in [-0.05, 0) is 65.8 Å². The largest absolute Gasteiger partial charge is 0.256 e. The summed E-state index contributed by atoms with van der Waals surface area (Å²) in [6.45, 7) is 3.76. The van der Waals surface area contributed by atoms with Gasteiger partial charge in [-0.2, -0.15) is 0 Å². The molecule has 0 N–H and O–H groups in total. The van der Waals surface area contributed by atoms with Gasteiger partial charge < -0.3 is 0 Å². The van der Waals surface area contributed by atoms with Crippen molar-refractivity contribution in [1.82, 2.24) is 0 Å². The Hall–Kier alpha value is -2.64. The Morgan fingerprint density at radius 2 is 1.42 bits per heavy atom. The molecule has 1 nitrogen and oxygen atoms in total. The van der Waals surface area contributed by atoms with Crippen LogP contribution in [0, 0.1) is 0 Å². The second-order valence-electron chi connectivity index (χ2n) is 6.23. The van der Waals surface area contributed by atoms with Crippen LogP contribution in [0.25, 0.3) is 11.1 Å². The number of hydrogen-bond donors (Lipinski definition) is 0. The van der Waals surface area contributed by atoms with Gasteiger partial charge in [0.15, 0.2) is 0 Å². The van der Waals surface area contributed by atoms with E-state index in [0.29, 0.717) is 0 Å². The van der Waals surface area contributed by atoms with Crippen LogP contribution in [0.3, 0.4) is 0 Å². The van der Waals surface area contributed by atoms with Gasteiger partial charge in [-0.3, -0.25) is 4.99 Å². The molecule has 2 heteroatoms. The van der Waals surface area contributed by atoms with E-state index in [0.717, 1.165) is 46.7 Å². The molecule has 3 aromatic rings. The quantitative estimate of drug-likeness (QED) is 0.239. The van der Waals surface area contributed by atoms with E-state index in [4.69, 9.17) is 11.6 Å². The van der Waals surface area contributed by atoms with Gasteiger partial charge in [-0.15, -0.1) is 6.58 Å². The second-order valence-corrected chi connectivity index (χ2v) is 6.67. The Morgan fingerprint density at radius 1 is 0.808 bits per heavy atom. The van der Waals surface area contributed by atoms with E-state index < -0.39 is 0 Å². The molecule has 0 atom stereocenters. The zero-order chi connectivity index (χ0) is 18.2. The van der Waals surface area contributed by atoms with Crippen molar-refractivity contribution in [3.8, 4) is 11.1 Å². The summed E-state index contributed by atoms with van der Waals surface area (Å²) in [4.78, 5) is 4.57. The first-order valence-electron chi connectivity index (χ1n) is 8.84.